The first-order valence-electron chi connectivity index (χ1n) is 7.12. The predicted octanol–water partition coefficient (Wildman–Crippen LogP) is 3.51. The largest absolute Gasteiger partial charge is 0.491 e. The van der Waals surface area contributed by atoms with Crippen LogP contribution >= 0.6 is 23.2 Å². The third-order valence-corrected chi connectivity index (χ3v) is 4.12. The third-order valence-electron chi connectivity index (χ3n) is 3.38. The average Bonchev–Trinajstić information content (AvgIpc) is 3.24. The van der Waals surface area contributed by atoms with Crippen molar-refractivity contribution in [3.63, 3.8) is 0 Å². The summed E-state index contributed by atoms with van der Waals surface area (Å²) in [6.07, 6.45) is 4.78. The van der Waals surface area contributed by atoms with E-state index in [0.717, 1.165) is 12.5 Å². The van der Waals surface area contributed by atoms with Gasteiger partial charge in [0.05, 0.1) is 10.0 Å². The van der Waals surface area contributed by atoms with Crippen LogP contribution < -0.4 is 10.1 Å². The highest BCUT2D eigenvalue weighted by Gasteiger charge is 2.19. The molecule has 112 valence electrons. The summed E-state index contributed by atoms with van der Waals surface area (Å²) in [4.78, 5) is 0. The molecule has 0 aliphatic heterocycles. The van der Waals surface area contributed by atoms with Gasteiger partial charge in [-0.2, -0.15) is 0 Å². The van der Waals surface area contributed by atoms with E-state index in [9.17, 15) is 5.11 Å². The average molecular weight is 318 g/mol. The topological polar surface area (TPSA) is 41.5 Å². The Morgan fingerprint density at radius 3 is 2.80 bits per heavy atom. The van der Waals surface area contributed by atoms with E-state index in [-0.39, 0.29) is 6.61 Å². The SMILES string of the molecule is OC(CNCCCC1CC1)COc1ccc(Cl)c(Cl)c1. The molecule has 2 N–H and O–H groups in total. The lowest BCUT2D eigenvalue weighted by Gasteiger charge is -2.13. The van der Waals surface area contributed by atoms with Crippen molar-refractivity contribution in [2.75, 3.05) is 19.7 Å². The van der Waals surface area contributed by atoms with E-state index in [1.165, 1.54) is 25.7 Å². The van der Waals surface area contributed by atoms with Crippen molar-refractivity contribution in [3.05, 3.63) is 28.2 Å². The number of rotatable bonds is 9. The lowest BCUT2D eigenvalue weighted by molar-refractivity contribution is 0.106. The monoisotopic (exact) mass is 317 g/mol. The summed E-state index contributed by atoms with van der Waals surface area (Å²) in [7, 11) is 0. The normalized spacial score (nSPS) is 16.1. The van der Waals surface area contributed by atoms with Gasteiger partial charge in [0.25, 0.3) is 0 Å². The van der Waals surface area contributed by atoms with Crippen molar-refractivity contribution in [1.82, 2.24) is 5.32 Å². The number of aliphatic hydroxyl groups excluding tert-OH is 1. The number of hydrogen-bond acceptors (Lipinski definition) is 3. The van der Waals surface area contributed by atoms with Crippen LogP contribution in [0, 0.1) is 5.92 Å². The smallest absolute Gasteiger partial charge is 0.121 e. The number of hydrogen-bond donors (Lipinski definition) is 2. The quantitative estimate of drug-likeness (QED) is 0.685. The standard InChI is InChI=1S/C15H21Cl2NO2/c16-14-6-5-13(8-15(14)17)20-10-12(19)9-18-7-1-2-11-3-4-11/h5-6,8,11-12,18-19H,1-4,7,9-10H2. The zero-order valence-corrected chi connectivity index (χ0v) is 13.0. The molecule has 0 heterocycles. The van der Waals surface area contributed by atoms with Crippen LogP contribution in [0.3, 0.4) is 0 Å². The summed E-state index contributed by atoms with van der Waals surface area (Å²) >= 11 is 11.7. The van der Waals surface area contributed by atoms with E-state index in [2.05, 4.69) is 5.32 Å². The Hall–Kier alpha value is -0.480. The second kappa shape index (κ2) is 8.08. The Labute approximate surface area is 130 Å². The van der Waals surface area contributed by atoms with E-state index < -0.39 is 6.10 Å². The van der Waals surface area contributed by atoms with Crippen molar-refractivity contribution in [3.8, 4) is 5.75 Å². The van der Waals surface area contributed by atoms with Crippen LogP contribution in [-0.2, 0) is 0 Å². The number of benzene rings is 1. The summed E-state index contributed by atoms with van der Waals surface area (Å²) in [5, 5.41) is 14.0. The summed E-state index contributed by atoms with van der Waals surface area (Å²) in [5.74, 6) is 1.59. The first kappa shape index (κ1) is 15.9. The molecule has 1 fully saturated rings. The number of nitrogens with one attached hydrogen (secondary N) is 1. The molecule has 20 heavy (non-hydrogen) atoms. The summed E-state index contributed by atoms with van der Waals surface area (Å²) in [5.41, 5.74) is 0. The highest BCUT2D eigenvalue weighted by atomic mass is 35.5. The highest BCUT2D eigenvalue weighted by Crippen LogP contribution is 2.33. The van der Waals surface area contributed by atoms with Crippen LogP contribution in [0.4, 0.5) is 0 Å². The second-order valence-electron chi connectivity index (χ2n) is 5.33. The van der Waals surface area contributed by atoms with Crippen LogP contribution in [-0.4, -0.2) is 30.9 Å². The molecule has 0 saturated heterocycles. The molecule has 1 aliphatic rings. The molecule has 0 spiro atoms. The molecule has 1 aromatic carbocycles. The summed E-state index contributed by atoms with van der Waals surface area (Å²) in [6, 6.07) is 5.07. The van der Waals surface area contributed by atoms with Gasteiger partial charge < -0.3 is 15.2 Å². The fraction of sp³-hybridized carbons (Fsp3) is 0.600. The molecule has 1 unspecified atom stereocenters. The maximum Gasteiger partial charge on any atom is 0.121 e. The molecule has 3 nitrogen and oxygen atoms in total. The second-order valence-corrected chi connectivity index (χ2v) is 6.14. The molecule has 2 rings (SSSR count). The Morgan fingerprint density at radius 1 is 1.30 bits per heavy atom. The summed E-state index contributed by atoms with van der Waals surface area (Å²) < 4.78 is 5.48. The fourth-order valence-electron chi connectivity index (χ4n) is 2.01. The molecular formula is C15H21Cl2NO2. The molecule has 1 saturated carbocycles. The number of halogens is 2. The molecule has 0 amide bonds. The van der Waals surface area contributed by atoms with E-state index >= 15 is 0 Å². The minimum absolute atomic E-state index is 0.244. The van der Waals surface area contributed by atoms with Crippen molar-refractivity contribution >= 4 is 23.2 Å². The van der Waals surface area contributed by atoms with Gasteiger partial charge in [0.15, 0.2) is 0 Å². The van der Waals surface area contributed by atoms with Crippen LogP contribution in [0.5, 0.6) is 5.75 Å². The Balaban J connectivity index is 1.56. The first-order valence-corrected chi connectivity index (χ1v) is 7.87. The van der Waals surface area contributed by atoms with E-state index in [1.807, 2.05) is 0 Å². The van der Waals surface area contributed by atoms with Gasteiger partial charge in [0.2, 0.25) is 0 Å². The Morgan fingerprint density at radius 2 is 2.10 bits per heavy atom. The molecule has 1 aliphatic carbocycles. The fourth-order valence-corrected chi connectivity index (χ4v) is 2.30. The number of ether oxygens (including phenoxy) is 1. The minimum atomic E-state index is -0.523. The van der Waals surface area contributed by atoms with E-state index in [4.69, 9.17) is 27.9 Å². The van der Waals surface area contributed by atoms with Crippen molar-refractivity contribution in [2.45, 2.75) is 31.8 Å². The van der Waals surface area contributed by atoms with Crippen LogP contribution in [0.2, 0.25) is 10.0 Å². The maximum atomic E-state index is 9.81. The van der Waals surface area contributed by atoms with Crippen molar-refractivity contribution < 1.29 is 9.84 Å². The van der Waals surface area contributed by atoms with Crippen LogP contribution in [0.15, 0.2) is 18.2 Å². The highest BCUT2D eigenvalue weighted by molar-refractivity contribution is 6.42. The Bertz CT molecular complexity index is 424. The molecule has 1 aromatic rings. The molecule has 1 atom stereocenters. The van der Waals surface area contributed by atoms with Gasteiger partial charge in [-0.05, 0) is 37.4 Å². The lowest BCUT2D eigenvalue weighted by atomic mass is 10.2. The zero-order chi connectivity index (χ0) is 14.4. The van der Waals surface area contributed by atoms with Gasteiger partial charge >= 0.3 is 0 Å². The van der Waals surface area contributed by atoms with Crippen LogP contribution in [0.1, 0.15) is 25.7 Å². The lowest BCUT2D eigenvalue weighted by Crippen LogP contribution is -2.32. The molecule has 0 bridgehead atoms. The first-order chi connectivity index (χ1) is 9.65. The van der Waals surface area contributed by atoms with Gasteiger partial charge in [-0.25, -0.2) is 0 Å². The van der Waals surface area contributed by atoms with Gasteiger partial charge in [-0.15, -0.1) is 0 Å². The molecule has 0 aromatic heterocycles. The molecule has 5 heteroatoms. The predicted molar refractivity (Wildman–Crippen MR) is 82.8 cm³/mol. The third kappa shape index (κ3) is 5.88. The van der Waals surface area contributed by atoms with Crippen molar-refractivity contribution in [1.29, 1.82) is 0 Å². The molecule has 0 radical (unpaired) electrons. The van der Waals surface area contributed by atoms with E-state index in [0.29, 0.717) is 22.3 Å². The van der Waals surface area contributed by atoms with Gasteiger partial charge in [0.1, 0.15) is 18.5 Å². The number of aliphatic hydroxyl groups is 1. The minimum Gasteiger partial charge on any atom is -0.491 e. The van der Waals surface area contributed by atoms with Gasteiger partial charge in [0, 0.05) is 12.6 Å². The van der Waals surface area contributed by atoms with E-state index in [1.54, 1.807) is 18.2 Å². The summed E-state index contributed by atoms with van der Waals surface area (Å²) in [6.45, 7) is 1.75. The van der Waals surface area contributed by atoms with Crippen LogP contribution in [0.25, 0.3) is 0 Å². The van der Waals surface area contributed by atoms with Gasteiger partial charge in [-0.3, -0.25) is 0 Å². The Kier molecular flexibility index (Phi) is 6.43. The van der Waals surface area contributed by atoms with Crippen molar-refractivity contribution in [2.24, 2.45) is 5.92 Å². The zero-order valence-electron chi connectivity index (χ0n) is 11.4. The molecular weight excluding hydrogens is 297 g/mol. The van der Waals surface area contributed by atoms with Gasteiger partial charge in [-0.1, -0.05) is 36.0 Å². The maximum absolute atomic E-state index is 9.81.